The van der Waals surface area contributed by atoms with Crippen LogP contribution >= 0.6 is 11.8 Å². The Morgan fingerprint density at radius 3 is 2.59 bits per heavy atom. The molecular formula is C20H18F2N4O2S. The summed E-state index contributed by atoms with van der Waals surface area (Å²) in [5.74, 6) is 0.648. The SMILES string of the molecule is C[C@H](Sc1nnc(-c2cccnc2)n1C1CC1)C(=O)c1ccc(OC(F)F)cc1. The highest BCUT2D eigenvalue weighted by Crippen LogP contribution is 2.41. The summed E-state index contributed by atoms with van der Waals surface area (Å²) in [6.07, 6.45) is 5.55. The van der Waals surface area contributed by atoms with Gasteiger partial charge in [0, 0.05) is 29.6 Å². The number of nitrogens with zero attached hydrogens (tertiary/aromatic N) is 4. The largest absolute Gasteiger partial charge is 0.435 e. The Kier molecular flexibility index (Phi) is 5.57. The van der Waals surface area contributed by atoms with Crippen molar-refractivity contribution in [2.45, 2.75) is 42.8 Å². The standard InChI is InChI=1S/C20H18F2N4O2S/c1-12(17(27)13-4-8-16(9-5-13)28-19(21)22)29-20-25-24-18(26(20)15-6-7-15)14-3-2-10-23-11-14/h2-5,8-12,15,19H,6-7H2,1H3/t12-/m0/s1. The van der Waals surface area contributed by atoms with Crippen molar-refractivity contribution in [1.82, 2.24) is 19.7 Å². The quantitative estimate of drug-likeness (QED) is 0.394. The van der Waals surface area contributed by atoms with Gasteiger partial charge in [-0.15, -0.1) is 10.2 Å². The molecule has 9 heteroatoms. The number of ether oxygens (including phenoxy) is 1. The highest BCUT2D eigenvalue weighted by Gasteiger charge is 2.31. The lowest BCUT2D eigenvalue weighted by Gasteiger charge is -2.13. The molecule has 1 atom stereocenters. The third kappa shape index (κ3) is 4.45. The van der Waals surface area contributed by atoms with E-state index < -0.39 is 11.9 Å². The van der Waals surface area contributed by atoms with Gasteiger partial charge in [0.15, 0.2) is 16.8 Å². The summed E-state index contributed by atoms with van der Waals surface area (Å²) in [6.45, 7) is -1.10. The fraction of sp³-hybridized carbons (Fsp3) is 0.300. The van der Waals surface area contributed by atoms with Gasteiger partial charge in [-0.3, -0.25) is 14.3 Å². The van der Waals surface area contributed by atoms with Gasteiger partial charge in [-0.2, -0.15) is 8.78 Å². The number of hydrogen-bond donors (Lipinski definition) is 0. The zero-order chi connectivity index (χ0) is 20.4. The first-order chi connectivity index (χ1) is 14.0. The Labute approximate surface area is 170 Å². The van der Waals surface area contributed by atoms with Crippen LogP contribution < -0.4 is 4.74 Å². The fourth-order valence-electron chi connectivity index (χ4n) is 2.96. The van der Waals surface area contributed by atoms with Crippen LogP contribution in [0, 0.1) is 0 Å². The van der Waals surface area contributed by atoms with E-state index in [9.17, 15) is 13.6 Å². The second kappa shape index (κ2) is 8.28. The molecule has 0 unspecified atom stereocenters. The summed E-state index contributed by atoms with van der Waals surface area (Å²) in [7, 11) is 0. The Morgan fingerprint density at radius 2 is 1.97 bits per heavy atom. The zero-order valence-corrected chi connectivity index (χ0v) is 16.4. The number of hydrogen-bond acceptors (Lipinski definition) is 6. The Balaban J connectivity index is 1.52. The van der Waals surface area contributed by atoms with Crippen LogP contribution in [0.5, 0.6) is 5.75 Å². The van der Waals surface area contributed by atoms with Gasteiger partial charge in [0.1, 0.15) is 5.75 Å². The van der Waals surface area contributed by atoms with Crippen molar-refractivity contribution >= 4 is 17.5 Å². The highest BCUT2D eigenvalue weighted by molar-refractivity contribution is 8.00. The lowest BCUT2D eigenvalue weighted by molar-refractivity contribution is -0.0498. The van der Waals surface area contributed by atoms with E-state index in [0.717, 1.165) is 24.2 Å². The van der Waals surface area contributed by atoms with Crippen LogP contribution in [0.1, 0.15) is 36.2 Å². The molecule has 0 aliphatic heterocycles. The average Bonchev–Trinajstić information content (AvgIpc) is 3.48. The molecular weight excluding hydrogens is 398 g/mol. The predicted molar refractivity (Wildman–Crippen MR) is 104 cm³/mol. The van der Waals surface area contributed by atoms with Crippen LogP contribution in [0.25, 0.3) is 11.4 Å². The first-order valence-electron chi connectivity index (χ1n) is 9.14. The number of Topliss-reactive ketones (excluding diaryl/α,β-unsaturated/α-hetero) is 1. The number of alkyl halides is 2. The number of pyridine rings is 1. The lowest BCUT2D eigenvalue weighted by Crippen LogP contribution is -2.15. The van der Waals surface area contributed by atoms with E-state index in [0.29, 0.717) is 16.8 Å². The van der Waals surface area contributed by atoms with Crippen molar-refractivity contribution in [1.29, 1.82) is 0 Å². The van der Waals surface area contributed by atoms with Gasteiger partial charge in [0.2, 0.25) is 0 Å². The maximum absolute atomic E-state index is 12.8. The molecule has 6 nitrogen and oxygen atoms in total. The smallest absolute Gasteiger partial charge is 0.387 e. The monoisotopic (exact) mass is 416 g/mol. The number of thioether (sulfide) groups is 1. The van der Waals surface area contributed by atoms with Crippen molar-refractivity contribution in [3.8, 4) is 17.1 Å². The van der Waals surface area contributed by atoms with E-state index in [-0.39, 0.29) is 11.5 Å². The van der Waals surface area contributed by atoms with Gasteiger partial charge in [-0.05, 0) is 56.2 Å². The fourth-order valence-corrected chi connectivity index (χ4v) is 3.95. The molecule has 150 valence electrons. The lowest BCUT2D eigenvalue weighted by atomic mass is 10.1. The molecule has 1 aliphatic carbocycles. The van der Waals surface area contributed by atoms with Gasteiger partial charge in [-0.1, -0.05) is 11.8 Å². The Morgan fingerprint density at radius 1 is 1.21 bits per heavy atom. The number of carbonyl (C=O) groups is 1. The van der Waals surface area contributed by atoms with Crippen LogP contribution in [0.15, 0.2) is 53.9 Å². The van der Waals surface area contributed by atoms with Crippen LogP contribution in [0.3, 0.4) is 0 Å². The first-order valence-corrected chi connectivity index (χ1v) is 10.0. The second-order valence-electron chi connectivity index (χ2n) is 6.68. The normalized spacial score (nSPS) is 14.8. The minimum atomic E-state index is -2.89. The molecule has 1 aliphatic rings. The number of halogens is 2. The summed E-state index contributed by atoms with van der Waals surface area (Å²) in [5, 5.41) is 8.90. The van der Waals surface area contributed by atoms with Crippen LogP contribution in [0.4, 0.5) is 8.78 Å². The molecule has 29 heavy (non-hydrogen) atoms. The van der Waals surface area contributed by atoms with Crippen LogP contribution in [-0.2, 0) is 0 Å². The van der Waals surface area contributed by atoms with E-state index >= 15 is 0 Å². The summed E-state index contributed by atoms with van der Waals surface area (Å²) >= 11 is 1.34. The van der Waals surface area contributed by atoms with Gasteiger partial charge >= 0.3 is 6.61 Å². The molecule has 1 aromatic carbocycles. The van der Waals surface area contributed by atoms with Crippen molar-refractivity contribution in [3.63, 3.8) is 0 Å². The van der Waals surface area contributed by atoms with Gasteiger partial charge in [0.05, 0.1) is 5.25 Å². The molecule has 4 rings (SSSR count). The predicted octanol–water partition coefficient (Wildman–Crippen LogP) is 4.64. The van der Waals surface area contributed by atoms with Gasteiger partial charge in [-0.25, -0.2) is 0 Å². The van der Waals surface area contributed by atoms with Gasteiger partial charge < -0.3 is 4.74 Å². The number of aromatic nitrogens is 4. The van der Waals surface area contributed by atoms with Crippen molar-refractivity contribution in [3.05, 3.63) is 54.4 Å². The molecule has 0 bridgehead atoms. The van der Waals surface area contributed by atoms with E-state index in [2.05, 4.69) is 24.5 Å². The minimum absolute atomic E-state index is 0.0199. The minimum Gasteiger partial charge on any atom is -0.435 e. The van der Waals surface area contributed by atoms with E-state index in [4.69, 9.17) is 0 Å². The number of benzene rings is 1. The average molecular weight is 416 g/mol. The molecule has 0 N–H and O–H groups in total. The van der Waals surface area contributed by atoms with Gasteiger partial charge in [0.25, 0.3) is 0 Å². The van der Waals surface area contributed by atoms with Crippen LogP contribution in [0.2, 0.25) is 0 Å². The molecule has 3 aromatic rings. The van der Waals surface area contributed by atoms with E-state index in [1.807, 2.05) is 12.1 Å². The van der Waals surface area contributed by atoms with E-state index in [1.165, 1.54) is 36.0 Å². The molecule has 1 saturated carbocycles. The molecule has 0 spiro atoms. The van der Waals surface area contributed by atoms with Crippen LogP contribution in [-0.4, -0.2) is 37.4 Å². The maximum atomic E-state index is 12.8. The third-order valence-electron chi connectivity index (χ3n) is 4.51. The van der Waals surface area contributed by atoms with E-state index in [1.54, 1.807) is 19.3 Å². The van der Waals surface area contributed by atoms with Crippen molar-refractivity contribution in [2.75, 3.05) is 0 Å². The molecule has 0 radical (unpaired) electrons. The van der Waals surface area contributed by atoms with Crippen molar-refractivity contribution in [2.24, 2.45) is 0 Å². The second-order valence-corrected chi connectivity index (χ2v) is 7.98. The summed E-state index contributed by atoms with van der Waals surface area (Å²) in [5.41, 5.74) is 1.31. The topological polar surface area (TPSA) is 69.9 Å². The summed E-state index contributed by atoms with van der Waals surface area (Å²) < 4.78 is 30.9. The molecule has 2 aromatic heterocycles. The Bertz CT molecular complexity index is 991. The number of rotatable bonds is 8. The highest BCUT2D eigenvalue weighted by atomic mass is 32.2. The van der Waals surface area contributed by atoms with Crippen molar-refractivity contribution < 1.29 is 18.3 Å². The molecule has 0 saturated heterocycles. The molecule has 1 fully saturated rings. The summed E-state index contributed by atoms with van der Waals surface area (Å²) in [6, 6.07) is 9.82. The molecule has 2 heterocycles. The maximum Gasteiger partial charge on any atom is 0.387 e. The number of ketones is 1. The Hall–Kier alpha value is -2.81. The first kappa shape index (κ1) is 19.5. The third-order valence-corrected chi connectivity index (χ3v) is 5.57. The number of carbonyl (C=O) groups excluding carboxylic acids is 1. The summed E-state index contributed by atoms with van der Waals surface area (Å²) in [4.78, 5) is 16.9. The molecule has 0 amide bonds. The zero-order valence-electron chi connectivity index (χ0n) is 15.5.